The first kappa shape index (κ1) is 21.9. The number of hydrogen-bond donors (Lipinski definition) is 0. The summed E-state index contributed by atoms with van der Waals surface area (Å²) < 4.78 is 53.0. The Bertz CT molecular complexity index is 1120. The molecule has 1 fully saturated rings. The van der Waals surface area contributed by atoms with Gasteiger partial charge in [-0.1, -0.05) is 53.0 Å². The van der Waals surface area contributed by atoms with Crippen LogP contribution in [0.15, 0.2) is 41.3 Å². The maximum absolute atomic E-state index is 13.1. The quantitative estimate of drug-likeness (QED) is 0.645. The highest BCUT2D eigenvalue weighted by Crippen LogP contribution is 2.36. The van der Waals surface area contributed by atoms with Crippen molar-refractivity contribution in [2.24, 2.45) is 0 Å². The smallest absolute Gasteiger partial charge is 0.228 e. The molecule has 1 aliphatic rings. The molecule has 0 aliphatic carbocycles. The number of sulfonamides is 1. The molecule has 1 saturated heterocycles. The van der Waals surface area contributed by atoms with Crippen molar-refractivity contribution in [1.82, 2.24) is 4.31 Å². The summed E-state index contributed by atoms with van der Waals surface area (Å²) in [4.78, 5) is -0.0790. The van der Waals surface area contributed by atoms with Crippen molar-refractivity contribution in [3.05, 3.63) is 62.6 Å². The molecule has 10 heteroatoms. The summed E-state index contributed by atoms with van der Waals surface area (Å²) in [7, 11) is -7.56. The largest absolute Gasteiger partial charge is 0.244 e. The van der Waals surface area contributed by atoms with Crippen molar-refractivity contribution < 1.29 is 16.8 Å². The lowest BCUT2D eigenvalue weighted by Gasteiger charge is -2.21. The van der Waals surface area contributed by atoms with Gasteiger partial charge in [0, 0.05) is 23.1 Å². The summed E-state index contributed by atoms with van der Waals surface area (Å²) in [5, 5.41) is -0.140. The van der Waals surface area contributed by atoms with Crippen LogP contribution in [0, 0.1) is 6.92 Å². The van der Waals surface area contributed by atoms with Crippen molar-refractivity contribution >= 4 is 54.7 Å². The molecule has 28 heavy (non-hydrogen) atoms. The monoisotopic (exact) mass is 481 g/mol. The van der Waals surface area contributed by atoms with Gasteiger partial charge < -0.3 is 0 Å². The predicted molar refractivity (Wildman–Crippen MR) is 113 cm³/mol. The highest BCUT2D eigenvalue weighted by Gasteiger charge is 2.37. The normalized spacial score (nSPS) is 20.6. The molecule has 0 bridgehead atoms. The number of halogens is 3. The Morgan fingerprint density at radius 3 is 2.36 bits per heavy atom. The molecule has 2 aromatic carbocycles. The average Bonchev–Trinajstić information content (AvgIpc) is 2.77. The fraction of sp³-hybridized carbons (Fsp3) is 0.333. The van der Waals surface area contributed by atoms with Crippen LogP contribution in [0.5, 0.6) is 0 Å². The fourth-order valence-electron chi connectivity index (χ4n) is 3.22. The SMILES string of the molecule is Cc1cc(S(=O)(=O)N2CCC(c3ccccc3Cl)S(=O)(=O)CC2)c(Cl)cc1Cl. The molecular formula is C18H18Cl3NO4S2. The number of rotatable bonds is 3. The van der Waals surface area contributed by atoms with E-state index in [0.29, 0.717) is 21.2 Å². The van der Waals surface area contributed by atoms with E-state index in [1.165, 1.54) is 12.1 Å². The molecule has 3 rings (SSSR count). The van der Waals surface area contributed by atoms with Crippen molar-refractivity contribution in [3.8, 4) is 0 Å². The number of nitrogens with zero attached hydrogens (tertiary/aromatic N) is 1. The molecule has 0 spiro atoms. The molecule has 1 aliphatic heterocycles. The van der Waals surface area contributed by atoms with Gasteiger partial charge in [-0.25, -0.2) is 16.8 Å². The minimum atomic E-state index is -3.98. The van der Waals surface area contributed by atoms with Crippen molar-refractivity contribution in [2.75, 3.05) is 18.8 Å². The molecule has 0 radical (unpaired) electrons. The van der Waals surface area contributed by atoms with Crippen molar-refractivity contribution in [1.29, 1.82) is 0 Å². The van der Waals surface area contributed by atoms with Crippen LogP contribution in [0.1, 0.15) is 22.8 Å². The van der Waals surface area contributed by atoms with Gasteiger partial charge in [-0.3, -0.25) is 0 Å². The summed E-state index contributed by atoms with van der Waals surface area (Å²) in [5.74, 6) is -0.299. The maximum Gasteiger partial charge on any atom is 0.244 e. The van der Waals surface area contributed by atoms with E-state index in [2.05, 4.69) is 0 Å². The highest BCUT2D eigenvalue weighted by molar-refractivity contribution is 7.92. The van der Waals surface area contributed by atoms with E-state index < -0.39 is 25.1 Å². The third kappa shape index (κ3) is 4.20. The van der Waals surface area contributed by atoms with Gasteiger partial charge in [0.25, 0.3) is 0 Å². The van der Waals surface area contributed by atoms with Crippen molar-refractivity contribution in [3.63, 3.8) is 0 Å². The zero-order valence-electron chi connectivity index (χ0n) is 14.9. The highest BCUT2D eigenvalue weighted by atomic mass is 35.5. The van der Waals surface area contributed by atoms with Gasteiger partial charge in [0.1, 0.15) is 4.90 Å². The molecule has 0 N–H and O–H groups in total. The molecule has 152 valence electrons. The molecule has 0 saturated carbocycles. The second-order valence-electron chi connectivity index (χ2n) is 6.60. The molecular weight excluding hydrogens is 465 g/mol. The first-order valence-corrected chi connectivity index (χ1v) is 12.7. The van der Waals surface area contributed by atoms with Crippen LogP contribution in [0.25, 0.3) is 0 Å². The number of benzene rings is 2. The van der Waals surface area contributed by atoms with Gasteiger partial charge in [-0.15, -0.1) is 0 Å². The Hall–Kier alpha value is -0.830. The lowest BCUT2D eigenvalue weighted by Crippen LogP contribution is -2.33. The van der Waals surface area contributed by atoms with Crippen LogP contribution in [-0.4, -0.2) is 40.0 Å². The first-order valence-electron chi connectivity index (χ1n) is 8.46. The van der Waals surface area contributed by atoms with Gasteiger partial charge in [0.15, 0.2) is 9.84 Å². The summed E-state index contributed by atoms with van der Waals surface area (Å²) >= 11 is 18.3. The van der Waals surface area contributed by atoms with Crippen LogP contribution >= 0.6 is 34.8 Å². The number of aryl methyl sites for hydroxylation is 1. The van der Waals surface area contributed by atoms with Gasteiger partial charge >= 0.3 is 0 Å². The van der Waals surface area contributed by atoms with E-state index in [9.17, 15) is 16.8 Å². The first-order chi connectivity index (χ1) is 13.0. The zero-order chi connectivity index (χ0) is 20.7. The van der Waals surface area contributed by atoms with E-state index in [4.69, 9.17) is 34.8 Å². The molecule has 0 amide bonds. The average molecular weight is 483 g/mol. The van der Waals surface area contributed by atoms with E-state index in [1.54, 1.807) is 31.2 Å². The molecule has 1 heterocycles. The van der Waals surface area contributed by atoms with Crippen LogP contribution in [-0.2, 0) is 19.9 Å². The lowest BCUT2D eigenvalue weighted by molar-refractivity contribution is 0.428. The van der Waals surface area contributed by atoms with Gasteiger partial charge in [0.2, 0.25) is 10.0 Å². The second-order valence-corrected chi connectivity index (χ2v) is 12.0. The summed E-state index contributed by atoms with van der Waals surface area (Å²) in [6.07, 6.45) is 0.107. The Morgan fingerprint density at radius 1 is 1.00 bits per heavy atom. The molecule has 1 atom stereocenters. The van der Waals surface area contributed by atoms with Crippen LogP contribution in [0.2, 0.25) is 15.1 Å². The molecule has 2 aromatic rings. The van der Waals surface area contributed by atoms with E-state index in [-0.39, 0.29) is 35.2 Å². The van der Waals surface area contributed by atoms with E-state index in [1.807, 2.05) is 0 Å². The Labute approximate surface area is 180 Å². The van der Waals surface area contributed by atoms with Gasteiger partial charge in [-0.05, 0) is 42.7 Å². The fourth-order valence-corrected chi connectivity index (χ4v) is 7.74. The summed E-state index contributed by atoms with van der Waals surface area (Å²) in [5.41, 5.74) is 1.06. The third-order valence-corrected chi connectivity index (χ3v) is 10.0. The standard InChI is InChI=1S/C18H18Cl3NO4S2/c1-12-10-18(16(21)11-15(12)20)28(25,26)22-7-6-17(27(23,24)9-8-22)13-4-2-3-5-14(13)19/h2-5,10-11,17H,6-9H2,1H3. The van der Waals surface area contributed by atoms with Crippen LogP contribution < -0.4 is 0 Å². The Morgan fingerprint density at radius 2 is 1.68 bits per heavy atom. The topological polar surface area (TPSA) is 71.5 Å². The summed E-state index contributed by atoms with van der Waals surface area (Å²) in [6.45, 7) is 1.57. The second kappa shape index (κ2) is 8.13. The van der Waals surface area contributed by atoms with Crippen LogP contribution in [0.3, 0.4) is 0 Å². The Balaban J connectivity index is 1.97. The molecule has 0 aromatic heterocycles. The minimum absolute atomic E-state index is 0.00496. The minimum Gasteiger partial charge on any atom is -0.228 e. The predicted octanol–water partition coefficient (Wildman–Crippen LogP) is 4.51. The van der Waals surface area contributed by atoms with Gasteiger partial charge in [-0.2, -0.15) is 4.31 Å². The third-order valence-electron chi connectivity index (χ3n) is 4.78. The zero-order valence-corrected chi connectivity index (χ0v) is 18.8. The van der Waals surface area contributed by atoms with E-state index >= 15 is 0 Å². The van der Waals surface area contributed by atoms with Crippen LogP contribution in [0.4, 0.5) is 0 Å². The van der Waals surface area contributed by atoms with Gasteiger partial charge in [0.05, 0.1) is 16.0 Å². The van der Waals surface area contributed by atoms with E-state index in [0.717, 1.165) is 4.31 Å². The Kier molecular flexibility index (Phi) is 6.35. The number of hydrogen-bond acceptors (Lipinski definition) is 4. The summed E-state index contributed by atoms with van der Waals surface area (Å²) in [6, 6.07) is 9.51. The molecule has 1 unspecified atom stereocenters. The number of sulfone groups is 1. The maximum atomic E-state index is 13.1. The lowest BCUT2D eigenvalue weighted by atomic mass is 10.1. The van der Waals surface area contributed by atoms with Crippen molar-refractivity contribution in [2.45, 2.75) is 23.5 Å². The molecule has 5 nitrogen and oxygen atoms in total.